The van der Waals surface area contributed by atoms with Gasteiger partial charge < -0.3 is 9.30 Å². The van der Waals surface area contributed by atoms with E-state index in [9.17, 15) is 26.4 Å². The van der Waals surface area contributed by atoms with Crippen molar-refractivity contribution in [2.24, 2.45) is 0 Å². The summed E-state index contributed by atoms with van der Waals surface area (Å²) >= 11 is 5.83. The van der Waals surface area contributed by atoms with E-state index in [4.69, 9.17) is 16.3 Å². The van der Waals surface area contributed by atoms with Crippen LogP contribution in [0.1, 0.15) is 16.9 Å². The SMILES string of the molecule is COc1cccc(S(=O)(=O)NC(=O)c2ncn(CCC(F)(F)F)c2Cl)c1. The molecule has 0 saturated heterocycles. The Bertz CT molecular complexity index is 912. The third kappa shape index (κ3) is 4.88. The molecule has 1 aromatic carbocycles. The second-order valence-corrected chi connectivity index (χ2v) is 7.10. The molecular weight excluding hydrogens is 399 g/mol. The number of hydrogen-bond donors (Lipinski definition) is 1. The molecule has 0 aliphatic rings. The maximum Gasteiger partial charge on any atom is 0.390 e. The predicted octanol–water partition coefficient (Wildman–Crippen LogP) is 2.62. The van der Waals surface area contributed by atoms with E-state index in [0.29, 0.717) is 0 Å². The maximum atomic E-state index is 12.3. The summed E-state index contributed by atoms with van der Waals surface area (Å²) in [6.45, 7) is -0.550. The summed E-state index contributed by atoms with van der Waals surface area (Å²) in [7, 11) is -2.91. The lowest BCUT2D eigenvalue weighted by atomic mass is 10.3. The molecule has 7 nitrogen and oxygen atoms in total. The van der Waals surface area contributed by atoms with Gasteiger partial charge in [-0.15, -0.1) is 0 Å². The zero-order valence-electron chi connectivity index (χ0n) is 13.2. The number of nitrogens with zero attached hydrogens (tertiary/aromatic N) is 2. The molecule has 2 rings (SSSR count). The van der Waals surface area contributed by atoms with Crippen molar-refractivity contribution in [3.8, 4) is 5.75 Å². The van der Waals surface area contributed by atoms with Gasteiger partial charge in [0.05, 0.1) is 24.8 Å². The fourth-order valence-electron chi connectivity index (χ4n) is 1.92. The summed E-state index contributed by atoms with van der Waals surface area (Å²) in [5.74, 6) is -0.904. The monoisotopic (exact) mass is 411 g/mol. The molecule has 0 bridgehead atoms. The van der Waals surface area contributed by atoms with Crippen LogP contribution in [-0.4, -0.2) is 37.2 Å². The van der Waals surface area contributed by atoms with E-state index in [1.807, 2.05) is 0 Å². The number of ether oxygens (including phenoxy) is 1. The first-order chi connectivity index (χ1) is 12.0. The van der Waals surface area contributed by atoms with Crippen molar-refractivity contribution in [2.75, 3.05) is 7.11 Å². The Kier molecular flexibility index (Phi) is 5.81. The Hall–Kier alpha value is -2.27. The Morgan fingerprint density at radius 2 is 2.08 bits per heavy atom. The van der Waals surface area contributed by atoms with Gasteiger partial charge in [-0.05, 0) is 12.1 Å². The molecule has 0 aliphatic carbocycles. The Labute approximate surface area is 151 Å². The number of methoxy groups -OCH3 is 1. The number of amides is 1. The highest BCUT2D eigenvalue weighted by Gasteiger charge is 2.28. The summed E-state index contributed by atoms with van der Waals surface area (Å²) in [5.41, 5.74) is -0.500. The van der Waals surface area contributed by atoms with Gasteiger partial charge in [-0.2, -0.15) is 13.2 Å². The van der Waals surface area contributed by atoms with E-state index in [-0.39, 0.29) is 10.6 Å². The van der Waals surface area contributed by atoms with Crippen molar-refractivity contribution < 1.29 is 31.1 Å². The number of aryl methyl sites for hydroxylation is 1. The van der Waals surface area contributed by atoms with E-state index in [0.717, 1.165) is 10.9 Å². The first kappa shape index (κ1) is 20.0. The molecule has 26 heavy (non-hydrogen) atoms. The number of alkyl halides is 3. The van der Waals surface area contributed by atoms with Crippen molar-refractivity contribution in [3.05, 3.63) is 41.4 Å². The molecule has 0 atom stereocenters. The highest BCUT2D eigenvalue weighted by Crippen LogP contribution is 2.23. The van der Waals surface area contributed by atoms with Gasteiger partial charge in [0.15, 0.2) is 5.69 Å². The second-order valence-electron chi connectivity index (χ2n) is 5.06. The van der Waals surface area contributed by atoms with E-state index in [2.05, 4.69) is 4.98 Å². The van der Waals surface area contributed by atoms with Gasteiger partial charge in [0, 0.05) is 12.6 Å². The van der Waals surface area contributed by atoms with Crippen LogP contribution in [0.2, 0.25) is 5.15 Å². The van der Waals surface area contributed by atoms with Crippen LogP contribution in [0.3, 0.4) is 0 Å². The van der Waals surface area contributed by atoms with Crippen LogP contribution in [0.4, 0.5) is 13.2 Å². The van der Waals surface area contributed by atoms with Crippen molar-refractivity contribution >= 4 is 27.5 Å². The van der Waals surface area contributed by atoms with Gasteiger partial charge >= 0.3 is 6.18 Å². The zero-order chi connectivity index (χ0) is 19.5. The van der Waals surface area contributed by atoms with E-state index in [1.165, 1.54) is 31.4 Å². The highest BCUT2D eigenvalue weighted by atomic mass is 35.5. The quantitative estimate of drug-likeness (QED) is 0.789. The molecule has 1 heterocycles. The number of halogens is 4. The number of hydrogen-bond acceptors (Lipinski definition) is 5. The lowest BCUT2D eigenvalue weighted by molar-refractivity contribution is -0.136. The Morgan fingerprint density at radius 1 is 1.38 bits per heavy atom. The third-order valence-corrected chi connectivity index (χ3v) is 4.93. The smallest absolute Gasteiger partial charge is 0.390 e. The molecule has 0 aliphatic heterocycles. The molecule has 12 heteroatoms. The Morgan fingerprint density at radius 3 is 2.69 bits per heavy atom. The van der Waals surface area contributed by atoms with Crippen molar-refractivity contribution in [3.63, 3.8) is 0 Å². The van der Waals surface area contributed by atoms with Gasteiger partial charge in [-0.1, -0.05) is 17.7 Å². The fourth-order valence-corrected chi connectivity index (χ4v) is 3.17. The molecule has 142 valence electrons. The van der Waals surface area contributed by atoms with Crippen LogP contribution in [0.25, 0.3) is 0 Å². The van der Waals surface area contributed by atoms with Crippen LogP contribution in [0, 0.1) is 0 Å². The molecule has 2 aromatic rings. The molecule has 0 spiro atoms. The van der Waals surface area contributed by atoms with Gasteiger partial charge in [-0.3, -0.25) is 4.79 Å². The second kappa shape index (κ2) is 7.54. The van der Waals surface area contributed by atoms with Crippen molar-refractivity contribution in [1.82, 2.24) is 14.3 Å². The van der Waals surface area contributed by atoms with E-state index < -0.39 is 45.9 Å². The summed E-state index contributed by atoms with van der Waals surface area (Å²) in [5, 5.41) is -0.396. The molecule has 1 N–H and O–H groups in total. The number of aromatic nitrogens is 2. The first-order valence-electron chi connectivity index (χ1n) is 7.02. The Balaban J connectivity index is 2.18. The summed E-state index contributed by atoms with van der Waals surface area (Å²) in [6.07, 6.45) is -4.65. The summed E-state index contributed by atoms with van der Waals surface area (Å²) in [6, 6.07) is 5.36. The summed E-state index contributed by atoms with van der Waals surface area (Å²) in [4.78, 5) is 15.5. The fraction of sp³-hybridized carbons (Fsp3) is 0.286. The molecule has 0 unspecified atom stereocenters. The highest BCUT2D eigenvalue weighted by molar-refractivity contribution is 7.90. The maximum absolute atomic E-state index is 12.3. The van der Waals surface area contributed by atoms with Crippen molar-refractivity contribution in [1.29, 1.82) is 0 Å². The largest absolute Gasteiger partial charge is 0.497 e. The molecule has 1 aromatic heterocycles. The topological polar surface area (TPSA) is 90.3 Å². The van der Waals surface area contributed by atoms with Gasteiger partial charge in [0.2, 0.25) is 0 Å². The minimum Gasteiger partial charge on any atom is -0.497 e. The average molecular weight is 412 g/mol. The number of carbonyl (C=O) groups excluding carboxylic acids is 1. The summed E-state index contributed by atoms with van der Waals surface area (Å²) < 4.78 is 68.9. The average Bonchev–Trinajstić information content (AvgIpc) is 2.93. The molecular formula is C14H13ClF3N3O4S. The lowest BCUT2D eigenvalue weighted by Gasteiger charge is -2.09. The van der Waals surface area contributed by atoms with Crippen LogP contribution in [-0.2, 0) is 16.6 Å². The van der Waals surface area contributed by atoms with Crippen LogP contribution >= 0.6 is 11.6 Å². The van der Waals surface area contributed by atoms with E-state index in [1.54, 1.807) is 4.72 Å². The van der Waals surface area contributed by atoms with Crippen LogP contribution in [0.5, 0.6) is 5.75 Å². The number of nitrogens with one attached hydrogen (secondary N) is 1. The minimum atomic E-state index is -4.41. The number of imidazole rings is 1. The van der Waals surface area contributed by atoms with Crippen molar-refractivity contribution in [2.45, 2.75) is 24.0 Å². The van der Waals surface area contributed by atoms with Gasteiger partial charge in [-0.25, -0.2) is 18.1 Å². The third-order valence-electron chi connectivity index (χ3n) is 3.20. The molecule has 0 fully saturated rings. The number of rotatable bonds is 6. The van der Waals surface area contributed by atoms with Crippen LogP contribution in [0.15, 0.2) is 35.5 Å². The van der Waals surface area contributed by atoms with Crippen LogP contribution < -0.4 is 9.46 Å². The standard InChI is InChI=1S/C14H13ClF3N3O4S/c1-25-9-3-2-4-10(7-9)26(23,24)20-13(22)11-12(15)21(8-19-11)6-5-14(16,17)18/h2-4,7-8H,5-6H2,1H3,(H,20,22). The number of carbonyl (C=O) groups is 1. The molecule has 0 radical (unpaired) electrons. The zero-order valence-corrected chi connectivity index (χ0v) is 14.8. The molecule has 0 saturated carbocycles. The minimum absolute atomic E-state index is 0.238. The van der Waals surface area contributed by atoms with E-state index >= 15 is 0 Å². The molecule has 1 amide bonds. The number of sulfonamides is 1. The predicted molar refractivity (Wildman–Crippen MR) is 85.6 cm³/mol. The van der Waals surface area contributed by atoms with Gasteiger partial charge in [0.25, 0.3) is 15.9 Å². The van der Waals surface area contributed by atoms with Gasteiger partial charge in [0.1, 0.15) is 10.9 Å². The first-order valence-corrected chi connectivity index (χ1v) is 8.88. The normalized spacial score (nSPS) is 12.0. The number of benzene rings is 1. The lowest BCUT2D eigenvalue weighted by Crippen LogP contribution is -2.31.